The van der Waals surface area contributed by atoms with Gasteiger partial charge in [0.1, 0.15) is 6.61 Å². The topological polar surface area (TPSA) is 29.5 Å². The highest BCUT2D eigenvalue weighted by Gasteiger charge is 2.37. The van der Waals surface area contributed by atoms with Crippen LogP contribution >= 0.6 is 0 Å². The Morgan fingerprint density at radius 2 is 1.92 bits per heavy atom. The quantitative estimate of drug-likeness (QED) is 0.723. The highest BCUT2D eigenvalue weighted by molar-refractivity contribution is 5.72. The summed E-state index contributed by atoms with van der Waals surface area (Å²) in [6, 6.07) is 10.4. The zero-order chi connectivity index (χ0) is 16.9. The van der Waals surface area contributed by atoms with E-state index in [1.807, 2.05) is 23.1 Å². The van der Waals surface area contributed by atoms with Crippen molar-refractivity contribution < 1.29 is 9.53 Å². The zero-order valence-electron chi connectivity index (χ0n) is 14.8. The van der Waals surface area contributed by atoms with E-state index in [2.05, 4.69) is 31.7 Å². The molecule has 1 aliphatic carbocycles. The number of allylic oxidation sites excluding steroid dienone is 1. The van der Waals surface area contributed by atoms with E-state index in [-0.39, 0.29) is 12.1 Å². The van der Waals surface area contributed by atoms with Crippen molar-refractivity contribution in [1.29, 1.82) is 0 Å². The molecule has 1 heterocycles. The van der Waals surface area contributed by atoms with E-state index < -0.39 is 0 Å². The summed E-state index contributed by atoms with van der Waals surface area (Å²) < 4.78 is 5.36. The zero-order valence-corrected chi connectivity index (χ0v) is 14.8. The number of carbonyl (C=O) groups is 1. The van der Waals surface area contributed by atoms with Gasteiger partial charge in [-0.25, -0.2) is 4.79 Å². The number of hydrogen-bond donors (Lipinski definition) is 0. The van der Waals surface area contributed by atoms with Gasteiger partial charge in [-0.1, -0.05) is 56.3 Å². The van der Waals surface area contributed by atoms with Crippen molar-refractivity contribution in [1.82, 2.24) is 4.90 Å². The van der Waals surface area contributed by atoms with E-state index in [9.17, 15) is 4.79 Å². The molecule has 1 atom stereocenters. The Balaban J connectivity index is 1.98. The Bertz CT molecular complexity index is 633. The number of cyclic esters (lactones) is 1. The van der Waals surface area contributed by atoms with Gasteiger partial charge in [0.25, 0.3) is 0 Å². The molecule has 3 rings (SSSR count). The third-order valence-electron chi connectivity index (χ3n) is 4.96. The van der Waals surface area contributed by atoms with E-state index in [0.29, 0.717) is 12.5 Å². The molecule has 1 saturated carbocycles. The van der Waals surface area contributed by atoms with E-state index in [0.717, 1.165) is 25.0 Å². The van der Waals surface area contributed by atoms with Crippen molar-refractivity contribution in [2.75, 3.05) is 6.61 Å². The molecular weight excluding hydrogens is 298 g/mol. The van der Waals surface area contributed by atoms with Crippen LogP contribution in [0.5, 0.6) is 0 Å². The predicted octanol–water partition coefficient (Wildman–Crippen LogP) is 5.08. The molecule has 3 heteroatoms. The fourth-order valence-corrected chi connectivity index (χ4v) is 3.52. The van der Waals surface area contributed by atoms with E-state index in [1.54, 1.807) is 0 Å². The van der Waals surface area contributed by atoms with Crippen LogP contribution in [-0.2, 0) is 11.2 Å². The SMILES string of the molecule is CC(C)[C@H]1COC(=O)N1C(=C=C1CCCCC1)Cc1ccccc1. The van der Waals surface area contributed by atoms with Gasteiger partial charge in [0.15, 0.2) is 0 Å². The van der Waals surface area contributed by atoms with Crippen LogP contribution in [0, 0.1) is 5.92 Å². The molecule has 1 amide bonds. The monoisotopic (exact) mass is 325 g/mol. The lowest BCUT2D eigenvalue weighted by atomic mass is 9.94. The van der Waals surface area contributed by atoms with Gasteiger partial charge in [0, 0.05) is 6.42 Å². The van der Waals surface area contributed by atoms with Gasteiger partial charge in [-0.2, -0.15) is 0 Å². The molecule has 1 aliphatic heterocycles. The number of nitrogens with zero attached hydrogens (tertiary/aromatic N) is 1. The summed E-state index contributed by atoms with van der Waals surface area (Å²) in [5, 5.41) is 0. The maximum absolute atomic E-state index is 12.4. The second-order valence-electron chi connectivity index (χ2n) is 7.16. The first kappa shape index (κ1) is 16.9. The van der Waals surface area contributed by atoms with Gasteiger partial charge in [-0.3, -0.25) is 4.90 Å². The molecule has 1 aromatic carbocycles. The first-order chi connectivity index (χ1) is 11.6. The highest BCUT2D eigenvalue weighted by atomic mass is 16.6. The first-order valence-electron chi connectivity index (χ1n) is 9.12. The fraction of sp³-hybridized carbons (Fsp3) is 0.524. The van der Waals surface area contributed by atoms with Crippen molar-refractivity contribution in [2.45, 2.75) is 58.4 Å². The van der Waals surface area contributed by atoms with Gasteiger partial charge in [0.2, 0.25) is 0 Å². The number of amides is 1. The van der Waals surface area contributed by atoms with Crippen molar-refractivity contribution in [3.63, 3.8) is 0 Å². The first-order valence-corrected chi connectivity index (χ1v) is 9.12. The third-order valence-corrected chi connectivity index (χ3v) is 4.96. The number of benzene rings is 1. The number of ether oxygens (including phenoxy) is 1. The van der Waals surface area contributed by atoms with Crippen molar-refractivity contribution in [3.8, 4) is 0 Å². The van der Waals surface area contributed by atoms with Gasteiger partial charge in [-0.05, 0) is 42.7 Å². The Kier molecular flexibility index (Phi) is 5.42. The van der Waals surface area contributed by atoms with Crippen LogP contribution in [0.15, 0.2) is 47.3 Å². The summed E-state index contributed by atoms with van der Waals surface area (Å²) in [6.07, 6.45) is 6.49. The molecule has 0 N–H and O–H groups in total. The Labute approximate surface area is 145 Å². The molecule has 128 valence electrons. The van der Waals surface area contributed by atoms with E-state index >= 15 is 0 Å². The second kappa shape index (κ2) is 7.72. The molecule has 0 spiro atoms. The minimum absolute atomic E-state index is 0.105. The molecule has 0 radical (unpaired) electrons. The number of rotatable bonds is 4. The normalized spacial score (nSPS) is 21.0. The van der Waals surface area contributed by atoms with Crippen LogP contribution in [0.2, 0.25) is 0 Å². The van der Waals surface area contributed by atoms with Crippen LogP contribution in [0.3, 0.4) is 0 Å². The molecule has 2 fully saturated rings. The van der Waals surface area contributed by atoms with Crippen molar-refractivity contribution >= 4 is 6.09 Å². The lowest BCUT2D eigenvalue weighted by Crippen LogP contribution is -2.37. The molecule has 0 unspecified atom stereocenters. The van der Waals surface area contributed by atoms with Crippen LogP contribution in [0.4, 0.5) is 4.79 Å². The smallest absolute Gasteiger partial charge is 0.414 e. The maximum atomic E-state index is 12.4. The van der Waals surface area contributed by atoms with Gasteiger partial charge in [0.05, 0.1) is 11.7 Å². The van der Waals surface area contributed by atoms with Crippen molar-refractivity contribution in [2.24, 2.45) is 5.92 Å². The summed E-state index contributed by atoms with van der Waals surface area (Å²) in [6.45, 7) is 4.77. The third kappa shape index (κ3) is 3.91. The summed E-state index contributed by atoms with van der Waals surface area (Å²) in [7, 11) is 0. The standard InChI is InChI=1S/C21H27NO2/c1-16(2)20-15-24-21(23)22(20)19(13-17-9-5-3-6-10-17)14-18-11-7-4-8-12-18/h3,5-6,9-10,16,20H,4,7-8,11-13,15H2,1-2H3/t20-/m1/s1. The molecule has 1 saturated heterocycles. The largest absolute Gasteiger partial charge is 0.447 e. The summed E-state index contributed by atoms with van der Waals surface area (Å²) >= 11 is 0. The van der Waals surface area contributed by atoms with Crippen molar-refractivity contribution in [3.05, 3.63) is 52.9 Å². The van der Waals surface area contributed by atoms with Crippen LogP contribution in [0.1, 0.15) is 51.5 Å². The molecule has 3 nitrogen and oxygen atoms in total. The molecule has 1 aromatic rings. The van der Waals surface area contributed by atoms with Gasteiger partial charge < -0.3 is 4.74 Å². The van der Waals surface area contributed by atoms with Crippen LogP contribution in [-0.4, -0.2) is 23.6 Å². The number of hydrogen-bond acceptors (Lipinski definition) is 2. The summed E-state index contributed by atoms with van der Waals surface area (Å²) in [5.41, 5.74) is 7.15. The lowest BCUT2D eigenvalue weighted by molar-refractivity contribution is 0.164. The second-order valence-corrected chi connectivity index (χ2v) is 7.16. The maximum Gasteiger partial charge on any atom is 0.414 e. The lowest BCUT2D eigenvalue weighted by Gasteiger charge is -2.26. The molecule has 24 heavy (non-hydrogen) atoms. The highest BCUT2D eigenvalue weighted by Crippen LogP contribution is 2.28. The van der Waals surface area contributed by atoms with Crippen LogP contribution in [0.25, 0.3) is 0 Å². The Morgan fingerprint density at radius 1 is 1.21 bits per heavy atom. The minimum atomic E-state index is -0.219. The van der Waals surface area contributed by atoms with Crippen LogP contribution < -0.4 is 0 Å². The van der Waals surface area contributed by atoms with E-state index in [1.165, 1.54) is 30.4 Å². The van der Waals surface area contributed by atoms with Gasteiger partial charge in [-0.15, -0.1) is 0 Å². The molecular formula is C21H27NO2. The predicted molar refractivity (Wildman–Crippen MR) is 95.6 cm³/mol. The number of carbonyl (C=O) groups excluding carboxylic acids is 1. The Hall–Kier alpha value is -1.99. The average Bonchev–Trinajstić information content (AvgIpc) is 2.98. The molecule has 2 aliphatic rings. The Morgan fingerprint density at radius 3 is 2.58 bits per heavy atom. The summed E-state index contributed by atoms with van der Waals surface area (Å²) in [4.78, 5) is 14.3. The fourth-order valence-electron chi connectivity index (χ4n) is 3.52. The summed E-state index contributed by atoms with van der Waals surface area (Å²) in [5.74, 6) is 0.361. The molecule has 0 aromatic heterocycles. The molecule has 0 bridgehead atoms. The van der Waals surface area contributed by atoms with E-state index in [4.69, 9.17) is 4.74 Å². The average molecular weight is 325 g/mol. The minimum Gasteiger partial charge on any atom is -0.447 e. The van der Waals surface area contributed by atoms with Gasteiger partial charge >= 0.3 is 6.09 Å².